The molecular weight excluding hydrogens is 448 g/mol. The molecule has 0 aliphatic carbocycles. The first-order valence-electron chi connectivity index (χ1n) is 9.88. The van der Waals surface area contributed by atoms with E-state index in [1.165, 1.54) is 27.6 Å². The molecule has 9 nitrogen and oxygen atoms in total. The zero-order valence-corrected chi connectivity index (χ0v) is 18.9. The molecule has 2 aromatic heterocycles. The van der Waals surface area contributed by atoms with E-state index in [-0.39, 0.29) is 17.3 Å². The van der Waals surface area contributed by atoms with E-state index in [0.29, 0.717) is 34.6 Å². The number of hydrogen-bond acceptors (Lipinski definition) is 8. The molecule has 0 saturated heterocycles. The second kappa shape index (κ2) is 9.66. The second-order valence-electron chi connectivity index (χ2n) is 6.81. The van der Waals surface area contributed by atoms with Crippen LogP contribution in [0.3, 0.4) is 0 Å². The van der Waals surface area contributed by atoms with Gasteiger partial charge in [0.05, 0.1) is 27.6 Å². The van der Waals surface area contributed by atoms with Crippen LogP contribution in [-0.2, 0) is 6.54 Å². The van der Waals surface area contributed by atoms with Crippen LogP contribution in [0.4, 0.5) is 5.95 Å². The van der Waals surface area contributed by atoms with Gasteiger partial charge in [0.1, 0.15) is 0 Å². The molecule has 0 atom stereocenters. The molecule has 0 aliphatic rings. The summed E-state index contributed by atoms with van der Waals surface area (Å²) in [6.45, 7) is 0.332. The SMILES string of the molecule is COc1cc(C(=O)n2nc(-c3ccco3)nc2NCc2ccccc2Cl)cc(OC)c1OC. The lowest BCUT2D eigenvalue weighted by atomic mass is 10.1. The van der Waals surface area contributed by atoms with E-state index in [1.54, 1.807) is 30.3 Å². The van der Waals surface area contributed by atoms with Crippen LogP contribution < -0.4 is 19.5 Å². The van der Waals surface area contributed by atoms with Crippen LogP contribution in [0.15, 0.2) is 59.2 Å². The lowest BCUT2D eigenvalue weighted by Gasteiger charge is -2.14. The highest BCUT2D eigenvalue weighted by molar-refractivity contribution is 6.31. The van der Waals surface area contributed by atoms with Gasteiger partial charge in [-0.3, -0.25) is 4.79 Å². The monoisotopic (exact) mass is 468 g/mol. The quantitative estimate of drug-likeness (QED) is 0.403. The molecule has 2 aromatic carbocycles. The zero-order valence-electron chi connectivity index (χ0n) is 18.2. The number of ether oxygens (including phenoxy) is 3. The minimum atomic E-state index is -0.457. The lowest BCUT2D eigenvalue weighted by molar-refractivity contribution is 0.0946. The number of carbonyl (C=O) groups is 1. The number of aromatic nitrogens is 3. The van der Waals surface area contributed by atoms with Crippen LogP contribution >= 0.6 is 11.6 Å². The third-order valence-corrected chi connectivity index (χ3v) is 5.22. The molecule has 1 N–H and O–H groups in total. The number of furan rings is 1. The molecule has 170 valence electrons. The van der Waals surface area contributed by atoms with Crippen molar-refractivity contribution in [3.63, 3.8) is 0 Å². The van der Waals surface area contributed by atoms with Gasteiger partial charge in [-0.15, -0.1) is 5.10 Å². The average molecular weight is 469 g/mol. The first-order chi connectivity index (χ1) is 16.0. The Hall–Kier alpha value is -3.98. The molecular formula is C23H21ClN4O5. The Kier molecular flexibility index (Phi) is 6.50. The Balaban J connectivity index is 1.74. The van der Waals surface area contributed by atoms with Gasteiger partial charge in [-0.2, -0.15) is 9.67 Å². The number of rotatable bonds is 8. The Labute approximate surface area is 194 Å². The highest BCUT2D eigenvalue weighted by Crippen LogP contribution is 2.38. The maximum Gasteiger partial charge on any atom is 0.281 e. The van der Waals surface area contributed by atoms with Crippen molar-refractivity contribution in [1.82, 2.24) is 14.8 Å². The van der Waals surface area contributed by atoms with E-state index in [4.69, 9.17) is 30.2 Å². The summed E-state index contributed by atoms with van der Waals surface area (Å²) in [5.74, 6) is 1.51. The Morgan fingerprint density at radius 2 is 1.79 bits per heavy atom. The molecule has 0 radical (unpaired) electrons. The summed E-state index contributed by atoms with van der Waals surface area (Å²) < 4.78 is 22.6. The minimum Gasteiger partial charge on any atom is -0.493 e. The molecule has 0 aliphatic heterocycles. The van der Waals surface area contributed by atoms with Crippen LogP contribution in [-0.4, -0.2) is 42.0 Å². The van der Waals surface area contributed by atoms with Crippen molar-refractivity contribution < 1.29 is 23.4 Å². The van der Waals surface area contributed by atoms with Crippen molar-refractivity contribution in [2.75, 3.05) is 26.6 Å². The number of anilines is 1. The maximum atomic E-state index is 13.5. The van der Waals surface area contributed by atoms with E-state index in [9.17, 15) is 4.79 Å². The van der Waals surface area contributed by atoms with Gasteiger partial charge in [0.25, 0.3) is 5.91 Å². The fraction of sp³-hybridized carbons (Fsp3) is 0.174. The highest BCUT2D eigenvalue weighted by atomic mass is 35.5. The number of benzene rings is 2. The summed E-state index contributed by atoms with van der Waals surface area (Å²) in [6.07, 6.45) is 1.51. The van der Waals surface area contributed by atoms with E-state index in [2.05, 4.69) is 15.4 Å². The van der Waals surface area contributed by atoms with Crippen molar-refractivity contribution in [3.8, 4) is 28.8 Å². The van der Waals surface area contributed by atoms with Gasteiger partial charge >= 0.3 is 0 Å². The molecule has 0 spiro atoms. The maximum absolute atomic E-state index is 13.5. The van der Waals surface area contributed by atoms with Gasteiger partial charge in [0.15, 0.2) is 17.3 Å². The van der Waals surface area contributed by atoms with Gasteiger partial charge in [-0.1, -0.05) is 29.8 Å². The fourth-order valence-electron chi connectivity index (χ4n) is 3.22. The number of hydrogen-bond donors (Lipinski definition) is 1. The van der Waals surface area contributed by atoms with Crippen LogP contribution in [0.25, 0.3) is 11.6 Å². The summed E-state index contributed by atoms with van der Waals surface area (Å²) in [7, 11) is 4.45. The summed E-state index contributed by atoms with van der Waals surface area (Å²) in [5, 5.41) is 8.11. The molecule has 2 heterocycles. The lowest BCUT2D eigenvalue weighted by Crippen LogP contribution is -2.18. The van der Waals surface area contributed by atoms with Gasteiger partial charge in [0.2, 0.25) is 17.5 Å². The summed E-state index contributed by atoms with van der Waals surface area (Å²) >= 11 is 6.27. The van der Waals surface area contributed by atoms with Crippen LogP contribution in [0.5, 0.6) is 17.2 Å². The number of carbonyl (C=O) groups excluding carboxylic acids is 1. The smallest absolute Gasteiger partial charge is 0.281 e. The average Bonchev–Trinajstić information content (AvgIpc) is 3.52. The first-order valence-corrected chi connectivity index (χ1v) is 10.3. The molecule has 0 fully saturated rings. The van der Waals surface area contributed by atoms with E-state index in [1.807, 2.05) is 18.2 Å². The van der Waals surface area contributed by atoms with Crippen LogP contribution in [0.2, 0.25) is 5.02 Å². The van der Waals surface area contributed by atoms with Gasteiger partial charge in [-0.25, -0.2) is 0 Å². The molecule has 4 aromatic rings. The molecule has 10 heteroatoms. The van der Waals surface area contributed by atoms with Gasteiger partial charge < -0.3 is 23.9 Å². The molecule has 0 bridgehead atoms. The van der Waals surface area contributed by atoms with Crippen molar-refractivity contribution in [2.24, 2.45) is 0 Å². The third-order valence-electron chi connectivity index (χ3n) is 4.85. The standard InChI is InChI=1S/C23H21ClN4O5/c1-30-18-11-15(12-19(31-2)20(18)32-3)22(29)28-23(25-13-14-7-4-5-8-16(14)24)26-21(27-28)17-9-6-10-33-17/h4-12H,13H2,1-3H3,(H,25,26,27). The first kappa shape index (κ1) is 22.2. The summed E-state index contributed by atoms with van der Waals surface area (Å²) in [4.78, 5) is 17.9. The second-order valence-corrected chi connectivity index (χ2v) is 7.22. The van der Waals surface area contributed by atoms with E-state index < -0.39 is 5.91 Å². The van der Waals surface area contributed by atoms with Gasteiger partial charge in [-0.05, 0) is 35.9 Å². The highest BCUT2D eigenvalue weighted by Gasteiger charge is 2.23. The zero-order chi connectivity index (χ0) is 23.4. The van der Waals surface area contributed by atoms with E-state index in [0.717, 1.165) is 10.2 Å². The van der Waals surface area contributed by atoms with Gasteiger partial charge in [0, 0.05) is 17.1 Å². The van der Waals surface area contributed by atoms with Crippen molar-refractivity contribution in [3.05, 3.63) is 70.9 Å². The Morgan fingerprint density at radius 1 is 1.06 bits per heavy atom. The molecule has 0 amide bonds. The van der Waals surface area contributed by atoms with Crippen LogP contribution in [0.1, 0.15) is 15.9 Å². The number of nitrogens with zero attached hydrogens (tertiary/aromatic N) is 3. The third kappa shape index (κ3) is 4.49. The Bertz CT molecular complexity index is 1240. The molecule has 4 rings (SSSR count). The predicted molar refractivity (Wildman–Crippen MR) is 122 cm³/mol. The molecule has 33 heavy (non-hydrogen) atoms. The normalized spacial score (nSPS) is 10.7. The van der Waals surface area contributed by atoms with Crippen molar-refractivity contribution in [1.29, 1.82) is 0 Å². The number of methoxy groups -OCH3 is 3. The van der Waals surface area contributed by atoms with Crippen molar-refractivity contribution >= 4 is 23.5 Å². The predicted octanol–water partition coefficient (Wildman–Crippen LogP) is 4.52. The number of nitrogens with one attached hydrogen (secondary N) is 1. The van der Waals surface area contributed by atoms with Crippen LogP contribution in [0, 0.1) is 0 Å². The topological polar surface area (TPSA) is 101 Å². The number of halogens is 1. The summed E-state index contributed by atoms with van der Waals surface area (Å²) in [6, 6.07) is 13.9. The fourth-order valence-corrected chi connectivity index (χ4v) is 3.42. The summed E-state index contributed by atoms with van der Waals surface area (Å²) in [5.41, 5.74) is 1.11. The van der Waals surface area contributed by atoms with E-state index >= 15 is 0 Å². The largest absolute Gasteiger partial charge is 0.493 e. The minimum absolute atomic E-state index is 0.222. The van der Waals surface area contributed by atoms with Crippen molar-refractivity contribution in [2.45, 2.75) is 6.54 Å². The molecule has 0 unspecified atom stereocenters. The Morgan fingerprint density at radius 3 is 2.39 bits per heavy atom. The molecule has 0 saturated carbocycles.